The Balaban J connectivity index is 1.66. The number of carbonyl (C=O) groups excluding carboxylic acids is 1. The summed E-state index contributed by atoms with van der Waals surface area (Å²) in [5.41, 5.74) is 4.35. The number of hydrogen-bond acceptors (Lipinski definition) is 4. The van der Waals surface area contributed by atoms with E-state index in [9.17, 15) is 14.7 Å². The maximum absolute atomic E-state index is 12.2. The number of nitrogens with zero attached hydrogens (tertiary/aromatic N) is 3. The van der Waals surface area contributed by atoms with Crippen LogP contribution >= 0.6 is 0 Å². The second kappa shape index (κ2) is 6.66. The Morgan fingerprint density at radius 1 is 1.32 bits per heavy atom. The number of nitrogens with one attached hydrogen (secondary N) is 1. The second-order valence-electron chi connectivity index (χ2n) is 6.54. The quantitative estimate of drug-likeness (QED) is 0.835. The third-order valence-corrected chi connectivity index (χ3v) is 4.64. The molecular weight excluding hydrogens is 320 g/mol. The average Bonchev–Trinajstić information content (AvgIpc) is 3.38. The molecule has 7 heteroatoms. The fraction of sp³-hybridized carbons (Fsp3) is 0.444. The van der Waals surface area contributed by atoms with Crippen molar-refractivity contribution in [1.82, 2.24) is 20.1 Å². The van der Waals surface area contributed by atoms with Gasteiger partial charge in [-0.05, 0) is 38.8 Å². The first-order chi connectivity index (χ1) is 11.9. The minimum atomic E-state index is -0.951. The fourth-order valence-electron chi connectivity index (χ4n) is 2.95. The first-order valence-corrected chi connectivity index (χ1v) is 8.35. The summed E-state index contributed by atoms with van der Waals surface area (Å²) in [5.74, 6) is -0.814. The number of rotatable bonds is 6. The van der Waals surface area contributed by atoms with Gasteiger partial charge in [0.1, 0.15) is 0 Å². The molecule has 0 aliphatic heterocycles. The highest BCUT2D eigenvalue weighted by molar-refractivity contribution is 5.89. The molecule has 1 amide bonds. The van der Waals surface area contributed by atoms with Crippen LogP contribution < -0.4 is 5.32 Å². The second-order valence-corrected chi connectivity index (χ2v) is 6.54. The van der Waals surface area contributed by atoms with Gasteiger partial charge in [0.05, 0.1) is 35.6 Å². The van der Waals surface area contributed by atoms with Gasteiger partial charge in [0.25, 0.3) is 0 Å². The normalized spacial score (nSPS) is 13.7. The summed E-state index contributed by atoms with van der Waals surface area (Å²) in [7, 11) is 1.86. The Bertz CT molecular complexity index is 837. The molecule has 0 atom stereocenters. The molecule has 0 saturated heterocycles. The van der Waals surface area contributed by atoms with Crippen molar-refractivity contribution < 1.29 is 14.7 Å². The Kier molecular flexibility index (Phi) is 4.57. The van der Waals surface area contributed by atoms with E-state index in [4.69, 9.17) is 0 Å². The maximum atomic E-state index is 12.2. The number of aromatic carboxylic acids is 1. The summed E-state index contributed by atoms with van der Waals surface area (Å²) < 4.78 is 1.77. The minimum absolute atomic E-state index is 0.101. The van der Waals surface area contributed by atoms with E-state index in [1.807, 2.05) is 20.9 Å². The SMILES string of the molecule is Cc1nn(C)c(C)c1CC(=O)NCc1ccc(C(=O)O)c(C2CC2)n1. The van der Waals surface area contributed by atoms with Gasteiger partial charge >= 0.3 is 5.97 Å². The van der Waals surface area contributed by atoms with Crippen molar-refractivity contribution in [3.8, 4) is 0 Å². The van der Waals surface area contributed by atoms with Crippen LogP contribution in [0.3, 0.4) is 0 Å². The summed E-state index contributed by atoms with van der Waals surface area (Å²) in [5, 5.41) is 16.4. The molecule has 0 aromatic carbocycles. The van der Waals surface area contributed by atoms with Crippen LogP contribution in [0.2, 0.25) is 0 Å². The average molecular weight is 342 g/mol. The lowest BCUT2D eigenvalue weighted by Gasteiger charge is -2.09. The number of aromatic nitrogens is 3. The Labute approximate surface area is 146 Å². The van der Waals surface area contributed by atoms with Gasteiger partial charge in [0.15, 0.2) is 0 Å². The van der Waals surface area contributed by atoms with Crippen molar-refractivity contribution in [2.45, 2.75) is 45.6 Å². The van der Waals surface area contributed by atoms with Crippen LogP contribution in [0, 0.1) is 13.8 Å². The van der Waals surface area contributed by atoms with E-state index in [0.717, 1.165) is 29.8 Å². The third kappa shape index (κ3) is 3.70. The zero-order chi connectivity index (χ0) is 18.1. The largest absolute Gasteiger partial charge is 0.478 e. The van der Waals surface area contributed by atoms with E-state index in [-0.39, 0.29) is 30.4 Å². The first kappa shape index (κ1) is 17.1. The first-order valence-electron chi connectivity index (χ1n) is 8.35. The van der Waals surface area contributed by atoms with E-state index >= 15 is 0 Å². The topological polar surface area (TPSA) is 97.1 Å². The summed E-state index contributed by atoms with van der Waals surface area (Å²) >= 11 is 0. The fourth-order valence-corrected chi connectivity index (χ4v) is 2.95. The number of pyridine rings is 1. The Morgan fingerprint density at radius 2 is 2.04 bits per heavy atom. The zero-order valence-electron chi connectivity index (χ0n) is 14.7. The van der Waals surface area contributed by atoms with Crippen LogP contribution in [-0.4, -0.2) is 31.7 Å². The molecule has 3 rings (SSSR count). The van der Waals surface area contributed by atoms with Crippen LogP contribution in [0.25, 0.3) is 0 Å². The predicted molar refractivity (Wildman–Crippen MR) is 91.4 cm³/mol. The van der Waals surface area contributed by atoms with Crippen LogP contribution in [0.1, 0.15) is 57.5 Å². The molecule has 0 unspecified atom stereocenters. The molecule has 1 fully saturated rings. The molecule has 7 nitrogen and oxygen atoms in total. The van der Waals surface area contributed by atoms with E-state index in [2.05, 4.69) is 15.4 Å². The summed E-state index contributed by atoms with van der Waals surface area (Å²) in [6, 6.07) is 3.25. The lowest BCUT2D eigenvalue weighted by Crippen LogP contribution is -2.25. The molecule has 25 heavy (non-hydrogen) atoms. The van der Waals surface area contributed by atoms with Crippen molar-refractivity contribution in [2.75, 3.05) is 0 Å². The number of carbonyl (C=O) groups is 2. The van der Waals surface area contributed by atoms with Crippen molar-refractivity contribution in [3.05, 3.63) is 46.0 Å². The van der Waals surface area contributed by atoms with E-state index in [1.54, 1.807) is 16.8 Å². The van der Waals surface area contributed by atoms with Crippen molar-refractivity contribution in [2.24, 2.45) is 7.05 Å². The molecule has 0 radical (unpaired) electrons. The highest BCUT2D eigenvalue weighted by Crippen LogP contribution is 2.40. The molecular formula is C18H22N4O3. The predicted octanol–water partition coefficient (Wildman–Crippen LogP) is 1.87. The molecule has 2 heterocycles. The Morgan fingerprint density at radius 3 is 2.60 bits per heavy atom. The molecule has 1 aliphatic carbocycles. The van der Waals surface area contributed by atoms with Crippen LogP contribution in [0.4, 0.5) is 0 Å². The van der Waals surface area contributed by atoms with Crippen LogP contribution in [-0.2, 0) is 24.8 Å². The summed E-state index contributed by atoms with van der Waals surface area (Å²) in [4.78, 5) is 28.0. The minimum Gasteiger partial charge on any atom is -0.478 e. The summed E-state index contributed by atoms with van der Waals surface area (Å²) in [6.07, 6.45) is 2.22. The molecule has 0 bridgehead atoms. The van der Waals surface area contributed by atoms with Gasteiger partial charge in [-0.1, -0.05) is 0 Å². The van der Waals surface area contributed by atoms with Crippen LogP contribution in [0.5, 0.6) is 0 Å². The van der Waals surface area contributed by atoms with Crippen molar-refractivity contribution >= 4 is 11.9 Å². The standard InChI is InChI=1S/C18H22N4O3/c1-10-15(11(2)22(3)21-10)8-16(23)19-9-13-6-7-14(18(24)25)17(20-13)12-4-5-12/h6-7,12H,4-5,8-9H2,1-3H3,(H,19,23)(H,24,25). The zero-order valence-corrected chi connectivity index (χ0v) is 14.7. The highest BCUT2D eigenvalue weighted by atomic mass is 16.4. The molecule has 1 aliphatic rings. The van der Waals surface area contributed by atoms with E-state index in [0.29, 0.717) is 11.4 Å². The molecule has 0 spiro atoms. The number of carboxylic acids is 1. The van der Waals surface area contributed by atoms with Gasteiger partial charge in [-0.25, -0.2) is 4.79 Å². The van der Waals surface area contributed by atoms with E-state index < -0.39 is 5.97 Å². The third-order valence-electron chi connectivity index (χ3n) is 4.64. The van der Waals surface area contributed by atoms with E-state index in [1.165, 1.54) is 0 Å². The lowest BCUT2D eigenvalue weighted by atomic mass is 10.1. The van der Waals surface area contributed by atoms with Gasteiger partial charge in [0.2, 0.25) is 5.91 Å². The van der Waals surface area contributed by atoms with Gasteiger partial charge in [-0.2, -0.15) is 5.10 Å². The number of hydrogen-bond donors (Lipinski definition) is 2. The van der Waals surface area contributed by atoms with Gasteiger partial charge in [-0.15, -0.1) is 0 Å². The molecule has 132 valence electrons. The molecule has 1 saturated carbocycles. The number of carboxylic acid groups (broad SMARTS) is 1. The smallest absolute Gasteiger partial charge is 0.337 e. The highest BCUT2D eigenvalue weighted by Gasteiger charge is 2.29. The van der Waals surface area contributed by atoms with Crippen molar-refractivity contribution in [1.29, 1.82) is 0 Å². The van der Waals surface area contributed by atoms with Crippen LogP contribution in [0.15, 0.2) is 12.1 Å². The van der Waals surface area contributed by atoms with Gasteiger partial charge in [0, 0.05) is 24.2 Å². The molecule has 2 aromatic rings. The lowest BCUT2D eigenvalue weighted by molar-refractivity contribution is -0.120. The maximum Gasteiger partial charge on any atom is 0.337 e. The van der Waals surface area contributed by atoms with Gasteiger partial charge < -0.3 is 10.4 Å². The molecule has 2 aromatic heterocycles. The Hall–Kier alpha value is -2.70. The summed E-state index contributed by atoms with van der Waals surface area (Å²) in [6.45, 7) is 4.12. The number of aryl methyl sites for hydroxylation is 2. The van der Waals surface area contributed by atoms with Gasteiger partial charge in [-0.3, -0.25) is 14.5 Å². The number of amides is 1. The monoisotopic (exact) mass is 342 g/mol. The van der Waals surface area contributed by atoms with Crippen molar-refractivity contribution in [3.63, 3.8) is 0 Å². The molecule has 2 N–H and O–H groups in total.